The largest absolute Gasteiger partial charge is 0.492 e. The number of carbonyl (C=O) groups excluding carboxylic acids is 1. The van der Waals surface area contributed by atoms with Crippen molar-refractivity contribution in [2.24, 2.45) is 10.7 Å². The number of morpholine rings is 1. The lowest BCUT2D eigenvalue weighted by atomic mass is 10.0. The lowest BCUT2D eigenvalue weighted by Crippen LogP contribution is -2.38. The van der Waals surface area contributed by atoms with Crippen molar-refractivity contribution in [3.05, 3.63) is 121 Å². The maximum Gasteiger partial charge on any atom is 0.219 e. The van der Waals surface area contributed by atoms with Gasteiger partial charge in [0, 0.05) is 51.7 Å². The first-order valence-electron chi connectivity index (χ1n) is 16.0. The minimum Gasteiger partial charge on any atom is -0.492 e. The van der Waals surface area contributed by atoms with Crippen LogP contribution >= 0.6 is 46.4 Å². The van der Waals surface area contributed by atoms with Gasteiger partial charge in [0.15, 0.2) is 0 Å². The quantitative estimate of drug-likeness (QED) is 0.112. The van der Waals surface area contributed by atoms with Crippen LogP contribution < -0.4 is 20.7 Å². The number of nitrogens with one attached hydrogen (secondary N) is 1. The Balaban J connectivity index is 1.39. The first-order chi connectivity index (χ1) is 23.7. The Morgan fingerprint density at radius 2 is 1.57 bits per heavy atom. The third-order valence-corrected chi connectivity index (χ3v) is 9.74. The molecule has 0 aliphatic carbocycles. The van der Waals surface area contributed by atoms with Crippen LogP contribution in [0, 0.1) is 0 Å². The molecule has 0 spiro atoms. The van der Waals surface area contributed by atoms with Gasteiger partial charge in [-0.2, -0.15) is 0 Å². The van der Waals surface area contributed by atoms with Gasteiger partial charge in [-0.1, -0.05) is 76.7 Å². The molecular formula is C37H39Cl4N5O3. The molecule has 1 amide bonds. The molecule has 0 bridgehead atoms. The topological polar surface area (TPSA) is 92.4 Å². The van der Waals surface area contributed by atoms with Crippen molar-refractivity contribution in [1.29, 1.82) is 0 Å². The molecule has 3 N–H and O–H groups in total. The molecule has 1 saturated heterocycles. The van der Waals surface area contributed by atoms with Crippen molar-refractivity contribution in [3.8, 4) is 5.75 Å². The van der Waals surface area contributed by atoms with Crippen molar-refractivity contribution in [3.63, 3.8) is 0 Å². The van der Waals surface area contributed by atoms with E-state index in [9.17, 15) is 4.79 Å². The Bertz CT molecular complexity index is 1750. The fourth-order valence-corrected chi connectivity index (χ4v) is 6.35. The van der Waals surface area contributed by atoms with Gasteiger partial charge in [0.25, 0.3) is 0 Å². The van der Waals surface area contributed by atoms with Crippen LogP contribution in [0.25, 0.3) is 0 Å². The van der Waals surface area contributed by atoms with Crippen LogP contribution in [0.2, 0.25) is 20.1 Å². The number of hydrogen-bond acceptors (Lipinski definition) is 7. The second-order valence-corrected chi connectivity index (χ2v) is 13.4. The number of primary amides is 1. The predicted molar refractivity (Wildman–Crippen MR) is 201 cm³/mol. The highest BCUT2D eigenvalue weighted by molar-refractivity contribution is 6.42. The second-order valence-electron chi connectivity index (χ2n) is 11.8. The number of nitrogens with two attached hydrogens (primary N) is 1. The van der Waals surface area contributed by atoms with Gasteiger partial charge in [-0.15, -0.1) is 0 Å². The highest BCUT2D eigenvalue weighted by atomic mass is 35.5. The van der Waals surface area contributed by atoms with Gasteiger partial charge in [0.2, 0.25) is 5.91 Å². The molecule has 1 aliphatic heterocycles. The number of carbonyl (C=O) groups is 1. The fraction of sp³-hybridized carbons (Fsp3) is 0.297. The van der Waals surface area contributed by atoms with Crippen LogP contribution in [0.1, 0.15) is 34.7 Å². The summed E-state index contributed by atoms with van der Waals surface area (Å²) in [6.07, 6.45) is 0.0859. The average Bonchev–Trinajstić information content (AvgIpc) is 3.09. The summed E-state index contributed by atoms with van der Waals surface area (Å²) in [4.78, 5) is 21.1. The maximum absolute atomic E-state index is 12.1. The monoisotopic (exact) mass is 741 g/mol. The molecule has 1 fully saturated rings. The van der Waals surface area contributed by atoms with E-state index in [2.05, 4.69) is 39.0 Å². The molecule has 1 heterocycles. The zero-order valence-electron chi connectivity index (χ0n) is 27.0. The van der Waals surface area contributed by atoms with Crippen LogP contribution in [0.3, 0.4) is 0 Å². The lowest BCUT2D eigenvalue weighted by Gasteiger charge is -2.28. The van der Waals surface area contributed by atoms with Crippen LogP contribution in [0.15, 0.2) is 83.9 Å². The van der Waals surface area contributed by atoms with Crippen LogP contribution in [0.4, 0.5) is 11.4 Å². The van der Waals surface area contributed by atoms with Gasteiger partial charge in [-0.3, -0.25) is 14.7 Å². The predicted octanol–water partition coefficient (Wildman–Crippen LogP) is 8.26. The van der Waals surface area contributed by atoms with Crippen molar-refractivity contribution in [2.45, 2.75) is 32.1 Å². The summed E-state index contributed by atoms with van der Waals surface area (Å²) >= 11 is 25.0. The molecule has 0 radical (unpaired) electrons. The molecule has 1 unspecified atom stereocenters. The Hall–Kier alpha value is -3.34. The third kappa shape index (κ3) is 10.8. The highest BCUT2D eigenvalue weighted by Gasteiger charge is 2.20. The van der Waals surface area contributed by atoms with Crippen LogP contribution in [0.5, 0.6) is 5.75 Å². The Kier molecular flexibility index (Phi) is 13.6. The molecule has 49 heavy (non-hydrogen) atoms. The molecule has 258 valence electrons. The summed E-state index contributed by atoms with van der Waals surface area (Å²) in [7, 11) is 0. The Morgan fingerprint density at radius 3 is 2.24 bits per heavy atom. The molecule has 4 aromatic carbocycles. The van der Waals surface area contributed by atoms with E-state index in [1.165, 1.54) is 0 Å². The number of amides is 1. The highest BCUT2D eigenvalue weighted by Crippen LogP contribution is 2.35. The number of anilines is 1. The van der Waals surface area contributed by atoms with Gasteiger partial charge in [-0.05, 0) is 77.5 Å². The van der Waals surface area contributed by atoms with E-state index in [1.807, 2.05) is 48.5 Å². The van der Waals surface area contributed by atoms with Gasteiger partial charge in [0.05, 0.1) is 44.7 Å². The molecule has 0 saturated carbocycles. The van der Waals surface area contributed by atoms with Gasteiger partial charge >= 0.3 is 0 Å². The second kappa shape index (κ2) is 18.1. The Morgan fingerprint density at radius 1 is 0.898 bits per heavy atom. The van der Waals surface area contributed by atoms with Crippen molar-refractivity contribution in [1.82, 2.24) is 10.2 Å². The minimum atomic E-state index is -0.433. The van der Waals surface area contributed by atoms with Gasteiger partial charge in [0.1, 0.15) is 12.4 Å². The first kappa shape index (κ1) is 36.9. The van der Waals surface area contributed by atoms with Crippen molar-refractivity contribution >= 4 is 70.4 Å². The molecule has 1 atom stereocenters. The first-order valence-corrected chi connectivity index (χ1v) is 17.5. The maximum atomic E-state index is 12.1. The third-order valence-electron chi connectivity index (χ3n) is 8.26. The zero-order chi connectivity index (χ0) is 34.8. The lowest BCUT2D eigenvalue weighted by molar-refractivity contribution is -0.118. The number of hydrogen-bond donors (Lipinski definition) is 2. The average molecular weight is 744 g/mol. The number of benzene rings is 4. The van der Waals surface area contributed by atoms with E-state index in [-0.39, 0.29) is 12.5 Å². The standard InChI is InChI=1S/C37H39Cl4N5O3/c1-43-35-20-28(34(21-37(42)47)44-22-25-5-8-30(38)32(40)18-25)7-10-36(35)46(24-27-6-9-31(39)33(41)19-27)23-26-3-2-4-29(17-26)49-16-13-45-11-14-48-15-12-45/h2-10,17-20,34,44H,1,11-16,21-24H2,(H2,42,47). The summed E-state index contributed by atoms with van der Waals surface area (Å²) < 4.78 is 11.6. The smallest absolute Gasteiger partial charge is 0.219 e. The van der Waals surface area contributed by atoms with Crippen LogP contribution in [-0.2, 0) is 29.2 Å². The minimum absolute atomic E-state index is 0.0859. The fourth-order valence-electron chi connectivity index (χ4n) is 5.71. The number of nitrogens with zero attached hydrogens (tertiary/aromatic N) is 3. The van der Waals surface area contributed by atoms with E-state index < -0.39 is 5.91 Å². The number of halogens is 4. The van der Waals surface area contributed by atoms with Crippen molar-refractivity contribution in [2.75, 3.05) is 44.4 Å². The molecule has 4 aromatic rings. The summed E-state index contributed by atoms with van der Waals surface area (Å²) in [6, 6.07) is 24.7. The molecule has 5 rings (SSSR count). The zero-order valence-corrected chi connectivity index (χ0v) is 30.0. The SMILES string of the molecule is C=Nc1cc(C(CC(N)=O)NCc2ccc(Cl)c(Cl)c2)ccc1N(Cc1cccc(OCCN2CCOCC2)c1)Cc1ccc(Cl)c(Cl)c1. The van der Waals surface area contributed by atoms with E-state index in [0.29, 0.717) is 52.0 Å². The summed E-state index contributed by atoms with van der Waals surface area (Å²) in [6.45, 7) is 10.2. The summed E-state index contributed by atoms with van der Waals surface area (Å²) in [5.74, 6) is 0.372. The molecule has 12 heteroatoms. The number of ether oxygens (including phenoxy) is 2. The number of aliphatic imine (C=N–C) groups is 1. The molecular weight excluding hydrogens is 704 g/mol. The van der Waals surface area contributed by atoms with Crippen LogP contribution in [-0.4, -0.2) is 57.0 Å². The normalized spacial score (nSPS) is 14.0. The summed E-state index contributed by atoms with van der Waals surface area (Å²) in [5.41, 5.74) is 11.0. The number of rotatable bonds is 16. The van der Waals surface area contributed by atoms with E-state index >= 15 is 0 Å². The van der Waals surface area contributed by atoms with Gasteiger partial charge in [-0.25, -0.2) is 0 Å². The van der Waals surface area contributed by atoms with E-state index in [4.69, 9.17) is 61.6 Å². The van der Waals surface area contributed by atoms with E-state index in [0.717, 1.165) is 66.5 Å². The Labute approximate surface area is 307 Å². The van der Waals surface area contributed by atoms with E-state index in [1.54, 1.807) is 18.2 Å². The van der Waals surface area contributed by atoms with Crippen molar-refractivity contribution < 1.29 is 14.3 Å². The molecule has 1 aliphatic rings. The van der Waals surface area contributed by atoms with Gasteiger partial charge < -0.3 is 25.4 Å². The molecule has 0 aromatic heterocycles. The summed E-state index contributed by atoms with van der Waals surface area (Å²) in [5, 5.41) is 5.35. The molecule has 8 nitrogen and oxygen atoms in total.